The predicted molar refractivity (Wildman–Crippen MR) is 38.5 cm³/mol. The molecule has 1 atom stereocenters. The standard InChI is InChI=1S/C7H16O3/c1-5(2)7(10)6(3-8)4-9/h5-10H,3-4H2,1-2H3. The van der Waals surface area contributed by atoms with Gasteiger partial charge >= 0.3 is 0 Å². The molecular formula is C7H16O3. The molecule has 0 fully saturated rings. The number of rotatable bonds is 4. The van der Waals surface area contributed by atoms with Crippen LogP contribution in [0, 0.1) is 11.8 Å². The van der Waals surface area contributed by atoms with Crippen LogP contribution in [0.25, 0.3) is 0 Å². The second kappa shape index (κ2) is 4.66. The molecule has 10 heavy (non-hydrogen) atoms. The maximum absolute atomic E-state index is 9.27. The van der Waals surface area contributed by atoms with Crippen LogP contribution in [0.2, 0.25) is 0 Å². The molecule has 3 nitrogen and oxygen atoms in total. The van der Waals surface area contributed by atoms with Crippen molar-refractivity contribution in [2.75, 3.05) is 13.2 Å². The molecule has 0 heterocycles. The van der Waals surface area contributed by atoms with Gasteiger partial charge in [0.15, 0.2) is 0 Å². The van der Waals surface area contributed by atoms with Gasteiger partial charge in [0.25, 0.3) is 0 Å². The molecule has 3 heteroatoms. The van der Waals surface area contributed by atoms with E-state index in [1.165, 1.54) is 0 Å². The molecule has 0 saturated carbocycles. The molecule has 62 valence electrons. The summed E-state index contributed by atoms with van der Waals surface area (Å²) in [5.74, 6) is -0.302. The number of hydrogen-bond acceptors (Lipinski definition) is 3. The summed E-state index contributed by atoms with van der Waals surface area (Å²) in [4.78, 5) is 0. The van der Waals surface area contributed by atoms with Gasteiger partial charge in [-0.15, -0.1) is 0 Å². The van der Waals surface area contributed by atoms with Crippen molar-refractivity contribution in [1.29, 1.82) is 0 Å². The van der Waals surface area contributed by atoms with Gasteiger partial charge in [0, 0.05) is 5.92 Å². The van der Waals surface area contributed by atoms with Crippen LogP contribution in [0.3, 0.4) is 0 Å². The van der Waals surface area contributed by atoms with E-state index in [1.54, 1.807) is 0 Å². The molecule has 0 aromatic heterocycles. The van der Waals surface area contributed by atoms with Crippen molar-refractivity contribution in [2.45, 2.75) is 20.0 Å². The zero-order valence-electron chi connectivity index (χ0n) is 6.49. The molecule has 3 N–H and O–H groups in total. The van der Waals surface area contributed by atoms with Crippen molar-refractivity contribution in [2.24, 2.45) is 11.8 Å². The van der Waals surface area contributed by atoms with Crippen LogP contribution in [0.1, 0.15) is 13.8 Å². The number of hydrogen-bond donors (Lipinski definition) is 3. The molecular weight excluding hydrogens is 132 g/mol. The molecule has 0 aliphatic rings. The van der Waals surface area contributed by atoms with Crippen molar-refractivity contribution in [1.82, 2.24) is 0 Å². The highest BCUT2D eigenvalue weighted by Crippen LogP contribution is 2.11. The fourth-order valence-electron chi connectivity index (χ4n) is 0.818. The molecule has 0 aliphatic heterocycles. The van der Waals surface area contributed by atoms with Gasteiger partial charge in [-0.3, -0.25) is 0 Å². The molecule has 0 bridgehead atoms. The zero-order valence-corrected chi connectivity index (χ0v) is 6.49. The minimum Gasteiger partial charge on any atom is -0.396 e. The van der Waals surface area contributed by atoms with E-state index < -0.39 is 6.10 Å². The Hall–Kier alpha value is -0.120. The average molecular weight is 148 g/mol. The number of aliphatic hydroxyl groups excluding tert-OH is 3. The van der Waals surface area contributed by atoms with Gasteiger partial charge in [0.2, 0.25) is 0 Å². The maximum atomic E-state index is 9.27. The minimum atomic E-state index is -0.602. The SMILES string of the molecule is CC(C)C(O)C(CO)CO. The highest BCUT2D eigenvalue weighted by atomic mass is 16.3. The van der Waals surface area contributed by atoms with Crippen molar-refractivity contribution in [3.05, 3.63) is 0 Å². The number of aliphatic hydroxyl groups is 3. The fourth-order valence-corrected chi connectivity index (χ4v) is 0.818. The quantitative estimate of drug-likeness (QED) is 0.508. The van der Waals surface area contributed by atoms with Gasteiger partial charge in [-0.2, -0.15) is 0 Å². The van der Waals surface area contributed by atoms with Crippen LogP contribution in [0.15, 0.2) is 0 Å². The van der Waals surface area contributed by atoms with Gasteiger partial charge in [0.1, 0.15) is 0 Å². The van der Waals surface area contributed by atoms with Gasteiger partial charge in [-0.05, 0) is 5.92 Å². The van der Waals surface area contributed by atoms with Crippen molar-refractivity contribution in [3.63, 3.8) is 0 Å². The van der Waals surface area contributed by atoms with E-state index in [9.17, 15) is 5.11 Å². The third-order valence-corrected chi connectivity index (χ3v) is 1.64. The molecule has 0 rings (SSSR count). The summed E-state index contributed by atoms with van der Waals surface area (Å²) < 4.78 is 0. The minimum absolute atomic E-state index is 0.0873. The Morgan fingerprint density at radius 3 is 1.60 bits per heavy atom. The largest absolute Gasteiger partial charge is 0.396 e. The monoisotopic (exact) mass is 148 g/mol. The van der Waals surface area contributed by atoms with Gasteiger partial charge in [0.05, 0.1) is 19.3 Å². The second-order valence-electron chi connectivity index (χ2n) is 2.86. The van der Waals surface area contributed by atoms with Crippen molar-refractivity contribution < 1.29 is 15.3 Å². The summed E-state index contributed by atoms with van der Waals surface area (Å²) in [6.45, 7) is 3.39. The van der Waals surface area contributed by atoms with Crippen LogP contribution < -0.4 is 0 Å². The lowest BCUT2D eigenvalue weighted by molar-refractivity contribution is 0.00542. The maximum Gasteiger partial charge on any atom is 0.0635 e. The summed E-state index contributed by atoms with van der Waals surface area (Å²) in [7, 11) is 0. The predicted octanol–water partition coefficient (Wildman–Crippen LogP) is -0.396. The van der Waals surface area contributed by atoms with Crippen LogP contribution in [-0.4, -0.2) is 34.6 Å². The molecule has 1 unspecified atom stereocenters. The van der Waals surface area contributed by atoms with E-state index in [4.69, 9.17) is 10.2 Å². The summed E-state index contributed by atoms with van der Waals surface area (Å²) in [5, 5.41) is 26.5. The summed E-state index contributed by atoms with van der Waals surface area (Å²) in [5.41, 5.74) is 0. The Bertz CT molecular complexity index is 78.9. The topological polar surface area (TPSA) is 60.7 Å². The first-order valence-corrected chi connectivity index (χ1v) is 3.53. The second-order valence-corrected chi connectivity index (χ2v) is 2.86. The van der Waals surface area contributed by atoms with Crippen molar-refractivity contribution >= 4 is 0 Å². The molecule has 0 aromatic rings. The fraction of sp³-hybridized carbons (Fsp3) is 1.00. The lowest BCUT2D eigenvalue weighted by atomic mass is 9.95. The zero-order chi connectivity index (χ0) is 8.15. The first-order valence-electron chi connectivity index (χ1n) is 3.53. The summed E-state index contributed by atoms with van der Waals surface area (Å²) in [6, 6.07) is 0. The van der Waals surface area contributed by atoms with E-state index in [-0.39, 0.29) is 25.0 Å². The average Bonchev–Trinajstić information content (AvgIpc) is 1.90. The van der Waals surface area contributed by atoms with Crippen LogP contribution in [0.4, 0.5) is 0 Å². The highest BCUT2D eigenvalue weighted by Gasteiger charge is 2.19. The Labute approximate surface area is 61.3 Å². The van der Waals surface area contributed by atoms with E-state index in [0.717, 1.165) is 0 Å². The third-order valence-electron chi connectivity index (χ3n) is 1.64. The first-order chi connectivity index (χ1) is 4.63. The Morgan fingerprint density at radius 1 is 1.10 bits per heavy atom. The van der Waals surface area contributed by atoms with Gasteiger partial charge in [-0.25, -0.2) is 0 Å². The van der Waals surface area contributed by atoms with Crippen LogP contribution >= 0.6 is 0 Å². The highest BCUT2D eigenvalue weighted by molar-refractivity contribution is 4.69. The van der Waals surface area contributed by atoms with Crippen LogP contribution in [0.5, 0.6) is 0 Å². The first kappa shape index (κ1) is 9.88. The Balaban J connectivity index is 3.76. The Kier molecular flexibility index (Phi) is 4.60. The van der Waals surface area contributed by atoms with Crippen molar-refractivity contribution in [3.8, 4) is 0 Å². The molecule has 0 aliphatic carbocycles. The van der Waals surface area contributed by atoms with E-state index in [1.807, 2.05) is 13.8 Å². The molecule has 0 amide bonds. The Morgan fingerprint density at radius 2 is 1.50 bits per heavy atom. The smallest absolute Gasteiger partial charge is 0.0635 e. The van der Waals surface area contributed by atoms with Crippen LogP contribution in [-0.2, 0) is 0 Å². The normalized spacial score (nSPS) is 14.7. The lowest BCUT2D eigenvalue weighted by Crippen LogP contribution is -2.31. The van der Waals surface area contributed by atoms with Gasteiger partial charge in [-0.1, -0.05) is 13.8 Å². The van der Waals surface area contributed by atoms with E-state index in [2.05, 4.69) is 0 Å². The summed E-state index contributed by atoms with van der Waals surface area (Å²) >= 11 is 0. The summed E-state index contributed by atoms with van der Waals surface area (Å²) in [6.07, 6.45) is -0.602. The molecule has 0 aromatic carbocycles. The molecule has 0 radical (unpaired) electrons. The van der Waals surface area contributed by atoms with Gasteiger partial charge < -0.3 is 15.3 Å². The molecule has 0 spiro atoms. The third kappa shape index (κ3) is 2.64. The molecule has 0 saturated heterocycles. The lowest BCUT2D eigenvalue weighted by Gasteiger charge is -2.21. The van der Waals surface area contributed by atoms with E-state index >= 15 is 0 Å². The van der Waals surface area contributed by atoms with E-state index in [0.29, 0.717) is 0 Å².